The highest BCUT2D eigenvalue weighted by Crippen LogP contribution is 2.29. The Balaban J connectivity index is 1.72. The maximum absolute atomic E-state index is 12.1. The number of nitro benzene ring substituents is 1. The largest absolute Gasteiger partial charge is 0.496 e. The molecule has 1 heterocycles. The number of carbonyl (C=O) groups is 1. The zero-order valence-corrected chi connectivity index (χ0v) is 15.1. The molecule has 3 aromatic rings. The van der Waals surface area contributed by atoms with Gasteiger partial charge in [0.05, 0.1) is 18.1 Å². The number of benzene rings is 2. The molecular formula is C19H16N2O7. The molecule has 0 saturated carbocycles. The van der Waals surface area contributed by atoms with Crippen LogP contribution < -0.4 is 20.4 Å². The van der Waals surface area contributed by atoms with E-state index in [2.05, 4.69) is 5.32 Å². The highest BCUT2D eigenvalue weighted by molar-refractivity contribution is 5.94. The lowest BCUT2D eigenvalue weighted by molar-refractivity contribution is -0.384. The van der Waals surface area contributed by atoms with Crippen LogP contribution in [0.25, 0.3) is 11.0 Å². The van der Waals surface area contributed by atoms with Gasteiger partial charge in [0.2, 0.25) is 0 Å². The third-order valence-electron chi connectivity index (χ3n) is 3.97. The van der Waals surface area contributed by atoms with Crippen molar-refractivity contribution >= 4 is 28.3 Å². The van der Waals surface area contributed by atoms with E-state index in [1.54, 1.807) is 19.1 Å². The quantitative estimate of drug-likeness (QED) is 0.394. The second-order valence-corrected chi connectivity index (χ2v) is 5.88. The van der Waals surface area contributed by atoms with Crippen LogP contribution in [0.1, 0.15) is 5.56 Å². The van der Waals surface area contributed by atoms with E-state index in [1.807, 2.05) is 0 Å². The first kappa shape index (κ1) is 18.9. The van der Waals surface area contributed by atoms with Crippen LogP contribution in [0.5, 0.6) is 11.5 Å². The zero-order valence-electron chi connectivity index (χ0n) is 15.1. The summed E-state index contributed by atoms with van der Waals surface area (Å²) >= 11 is 0. The number of aryl methyl sites for hydroxylation is 1. The molecule has 0 aliphatic rings. The summed E-state index contributed by atoms with van der Waals surface area (Å²) in [4.78, 5) is 34.1. The fourth-order valence-electron chi connectivity index (χ4n) is 2.63. The first-order chi connectivity index (χ1) is 13.4. The van der Waals surface area contributed by atoms with Crippen molar-refractivity contribution in [3.63, 3.8) is 0 Å². The Morgan fingerprint density at radius 2 is 1.93 bits per heavy atom. The molecule has 0 unspecified atom stereocenters. The lowest BCUT2D eigenvalue weighted by Crippen LogP contribution is -2.20. The highest BCUT2D eigenvalue weighted by atomic mass is 16.6. The predicted octanol–water partition coefficient (Wildman–Crippen LogP) is 3.04. The van der Waals surface area contributed by atoms with E-state index in [4.69, 9.17) is 13.9 Å². The van der Waals surface area contributed by atoms with Crippen molar-refractivity contribution in [2.24, 2.45) is 0 Å². The van der Waals surface area contributed by atoms with Crippen molar-refractivity contribution in [2.45, 2.75) is 6.92 Å². The number of methoxy groups -OCH3 is 1. The van der Waals surface area contributed by atoms with Crippen LogP contribution in [0.4, 0.5) is 11.4 Å². The van der Waals surface area contributed by atoms with Gasteiger partial charge in [-0.2, -0.15) is 0 Å². The van der Waals surface area contributed by atoms with E-state index < -0.39 is 16.5 Å². The van der Waals surface area contributed by atoms with Crippen molar-refractivity contribution in [2.75, 3.05) is 19.0 Å². The van der Waals surface area contributed by atoms with Gasteiger partial charge in [-0.3, -0.25) is 14.9 Å². The Kier molecular flexibility index (Phi) is 5.25. The number of carbonyl (C=O) groups excluding carboxylic acids is 1. The average molecular weight is 384 g/mol. The van der Waals surface area contributed by atoms with Gasteiger partial charge in [0.25, 0.3) is 11.6 Å². The monoisotopic (exact) mass is 384 g/mol. The third kappa shape index (κ3) is 4.09. The molecule has 0 atom stereocenters. The summed E-state index contributed by atoms with van der Waals surface area (Å²) in [6.45, 7) is 1.40. The van der Waals surface area contributed by atoms with Crippen LogP contribution in [0.3, 0.4) is 0 Å². The molecule has 0 bridgehead atoms. The SMILES string of the molecule is COc1ccc(NC(=O)COc2ccc3c(C)cc(=O)oc3c2)c([N+](=O)[O-])c1. The number of nitro groups is 1. The normalized spacial score (nSPS) is 10.5. The summed E-state index contributed by atoms with van der Waals surface area (Å²) in [6, 6.07) is 10.3. The number of anilines is 1. The third-order valence-corrected chi connectivity index (χ3v) is 3.97. The second-order valence-electron chi connectivity index (χ2n) is 5.88. The summed E-state index contributed by atoms with van der Waals surface area (Å²) < 4.78 is 15.5. The molecule has 3 rings (SSSR count). The molecule has 144 valence electrons. The highest BCUT2D eigenvalue weighted by Gasteiger charge is 2.17. The van der Waals surface area contributed by atoms with Crippen LogP contribution in [0.15, 0.2) is 51.7 Å². The molecule has 0 radical (unpaired) electrons. The smallest absolute Gasteiger partial charge is 0.336 e. The van der Waals surface area contributed by atoms with E-state index in [0.29, 0.717) is 17.1 Å². The molecule has 9 heteroatoms. The minimum absolute atomic E-state index is 0.0273. The molecule has 9 nitrogen and oxygen atoms in total. The molecule has 2 aromatic carbocycles. The van der Waals surface area contributed by atoms with Crippen molar-refractivity contribution in [3.05, 3.63) is 68.6 Å². The number of rotatable bonds is 6. The summed E-state index contributed by atoms with van der Waals surface area (Å²) in [5.41, 5.74) is 0.359. The standard InChI is InChI=1S/C19H16N2O7/c1-11-7-19(23)28-17-9-13(3-5-14(11)17)27-10-18(22)20-15-6-4-12(26-2)8-16(15)21(24)25/h3-9H,10H2,1-2H3,(H,20,22). The number of ether oxygens (including phenoxy) is 2. The van der Waals surface area contributed by atoms with Crippen LogP contribution in [-0.2, 0) is 4.79 Å². The van der Waals surface area contributed by atoms with Crippen molar-refractivity contribution in [3.8, 4) is 11.5 Å². The molecule has 28 heavy (non-hydrogen) atoms. The topological polar surface area (TPSA) is 121 Å². The minimum atomic E-state index is -0.618. The number of nitrogens with one attached hydrogen (secondary N) is 1. The first-order valence-electron chi connectivity index (χ1n) is 8.17. The van der Waals surface area contributed by atoms with Crippen molar-refractivity contribution in [1.82, 2.24) is 0 Å². The van der Waals surface area contributed by atoms with Gasteiger partial charge in [-0.1, -0.05) is 0 Å². The molecular weight excluding hydrogens is 368 g/mol. The van der Waals surface area contributed by atoms with Crippen molar-refractivity contribution in [1.29, 1.82) is 0 Å². The molecule has 0 aliphatic carbocycles. The van der Waals surface area contributed by atoms with Crippen molar-refractivity contribution < 1.29 is 23.6 Å². The molecule has 0 spiro atoms. The maximum Gasteiger partial charge on any atom is 0.336 e. The summed E-state index contributed by atoms with van der Waals surface area (Å²) in [5, 5.41) is 14.4. The average Bonchev–Trinajstić information content (AvgIpc) is 2.66. The Morgan fingerprint density at radius 1 is 1.18 bits per heavy atom. The second kappa shape index (κ2) is 7.78. The number of hydrogen-bond acceptors (Lipinski definition) is 7. The fraction of sp³-hybridized carbons (Fsp3) is 0.158. The molecule has 1 amide bonds. The van der Waals surface area contributed by atoms with Crippen LogP contribution >= 0.6 is 0 Å². The number of hydrogen-bond donors (Lipinski definition) is 1. The van der Waals surface area contributed by atoms with Gasteiger partial charge in [-0.05, 0) is 36.8 Å². The number of nitrogens with zero attached hydrogens (tertiary/aromatic N) is 1. The Labute approximate surface area is 158 Å². The lowest BCUT2D eigenvalue weighted by Gasteiger charge is -2.09. The molecule has 0 fully saturated rings. The summed E-state index contributed by atoms with van der Waals surface area (Å²) in [7, 11) is 1.39. The van der Waals surface area contributed by atoms with Gasteiger partial charge >= 0.3 is 5.63 Å². The van der Waals surface area contributed by atoms with E-state index in [-0.39, 0.29) is 18.0 Å². The van der Waals surface area contributed by atoms with Crippen LogP contribution in [-0.4, -0.2) is 24.5 Å². The Bertz CT molecular complexity index is 1120. The van der Waals surface area contributed by atoms with Gasteiger partial charge < -0.3 is 19.2 Å². The Morgan fingerprint density at radius 3 is 2.64 bits per heavy atom. The minimum Gasteiger partial charge on any atom is -0.496 e. The predicted molar refractivity (Wildman–Crippen MR) is 101 cm³/mol. The van der Waals surface area contributed by atoms with E-state index in [1.165, 1.54) is 37.4 Å². The van der Waals surface area contributed by atoms with E-state index >= 15 is 0 Å². The van der Waals surface area contributed by atoms with Gasteiger partial charge in [0.1, 0.15) is 22.8 Å². The van der Waals surface area contributed by atoms with Crippen LogP contribution in [0, 0.1) is 17.0 Å². The molecule has 1 aromatic heterocycles. The summed E-state index contributed by atoms with van der Waals surface area (Å²) in [6.07, 6.45) is 0. The van der Waals surface area contributed by atoms with Gasteiger partial charge in [-0.15, -0.1) is 0 Å². The molecule has 1 N–H and O–H groups in total. The van der Waals surface area contributed by atoms with Gasteiger partial charge in [0.15, 0.2) is 6.61 Å². The number of fused-ring (bicyclic) bond motifs is 1. The van der Waals surface area contributed by atoms with Gasteiger partial charge in [0, 0.05) is 17.5 Å². The van der Waals surface area contributed by atoms with E-state index in [0.717, 1.165) is 10.9 Å². The zero-order chi connectivity index (χ0) is 20.3. The van der Waals surface area contributed by atoms with Gasteiger partial charge in [-0.25, -0.2) is 4.79 Å². The lowest BCUT2D eigenvalue weighted by atomic mass is 10.1. The fourth-order valence-corrected chi connectivity index (χ4v) is 2.63. The maximum atomic E-state index is 12.1. The first-order valence-corrected chi connectivity index (χ1v) is 8.17. The summed E-state index contributed by atoms with van der Waals surface area (Å²) in [5.74, 6) is 0.0357. The van der Waals surface area contributed by atoms with E-state index in [9.17, 15) is 19.7 Å². The Hall–Kier alpha value is -3.88. The molecule has 0 saturated heterocycles. The van der Waals surface area contributed by atoms with Crippen LogP contribution in [0.2, 0.25) is 0 Å². The molecule has 0 aliphatic heterocycles. The number of amides is 1.